The third kappa shape index (κ3) is 3.68. The number of halogens is 1. The Morgan fingerprint density at radius 2 is 1.90 bits per heavy atom. The molecule has 2 N–H and O–H groups in total. The number of piperazine rings is 1. The number of hydrogen-bond acceptors (Lipinski definition) is 7. The van der Waals surface area contributed by atoms with Crippen molar-refractivity contribution in [3.63, 3.8) is 0 Å². The van der Waals surface area contributed by atoms with Crippen molar-refractivity contribution >= 4 is 40.3 Å². The molecule has 2 aliphatic rings. The fraction of sp³-hybridized carbons (Fsp3) is 0.429. The normalized spacial score (nSPS) is 19.4. The summed E-state index contributed by atoms with van der Waals surface area (Å²) in [5, 5.41) is 5.85. The van der Waals surface area contributed by atoms with Crippen molar-refractivity contribution in [1.82, 2.24) is 24.6 Å². The minimum atomic E-state index is -0.285. The van der Waals surface area contributed by atoms with Crippen LogP contribution in [0.15, 0.2) is 24.3 Å². The molecule has 0 aliphatic carbocycles. The smallest absolute Gasteiger partial charge is 0.251 e. The molecule has 162 valence electrons. The highest BCUT2D eigenvalue weighted by atomic mass is 35.5. The molecule has 2 saturated heterocycles. The lowest BCUT2D eigenvalue weighted by atomic mass is 10.1. The van der Waals surface area contributed by atoms with Crippen molar-refractivity contribution in [2.24, 2.45) is 7.05 Å². The molecule has 1 amide bonds. The second-order valence-electron chi connectivity index (χ2n) is 7.90. The van der Waals surface area contributed by atoms with Crippen molar-refractivity contribution in [2.75, 3.05) is 43.4 Å². The minimum Gasteiger partial charge on any atom is -0.383 e. The van der Waals surface area contributed by atoms with Crippen LogP contribution in [-0.4, -0.2) is 69.4 Å². The molecule has 0 unspecified atom stereocenters. The van der Waals surface area contributed by atoms with Gasteiger partial charge in [0.1, 0.15) is 11.9 Å². The first-order valence-corrected chi connectivity index (χ1v) is 10.8. The Hall–Kier alpha value is -2.91. The van der Waals surface area contributed by atoms with Crippen molar-refractivity contribution in [3.05, 3.63) is 29.3 Å². The number of carbonyl (C=O) groups excluding carboxylic acids is 1. The molecule has 31 heavy (non-hydrogen) atoms. The number of ether oxygens (including phenoxy) is 1. The van der Waals surface area contributed by atoms with Gasteiger partial charge in [0.15, 0.2) is 5.65 Å². The molecule has 2 aromatic heterocycles. The van der Waals surface area contributed by atoms with E-state index in [4.69, 9.17) is 27.1 Å². The number of nitrogen functional groups attached to an aromatic ring is 1. The van der Waals surface area contributed by atoms with E-state index in [9.17, 15) is 4.79 Å². The molecule has 0 bridgehead atoms. The summed E-state index contributed by atoms with van der Waals surface area (Å²) in [5.41, 5.74) is 8.44. The molecule has 1 atom stereocenters. The van der Waals surface area contributed by atoms with Gasteiger partial charge in [-0.25, -0.2) is 4.98 Å². The quantitative estimate of drug-likeness (QED) is 0.663. The third-order valence-corrected chi connectivity index (χ3v) is 6.18. The number of benzene rings is 1. The van der Waals surface area contributed by atoms with Gasteiger partial charge in [0.05, 0.1) is 11.1 Å². The van der Waals surface area contributed by atoms with Gasteiger partial charge in [-0.05, 0) is 25.0 Å². The number of hydrogen-bond donors (Lipinski definition) is 1. The summed E-state index contributed by atoms with van der Waals surface area (Å²) >= 11 is 6.07. The number of nitrogens with two attached hydrogens (primary N) is 1. The Bertz CT molecular complexity index is 1120. The van der Waals surface area contributed by atoms with Crippen LogP contribution in [-0.2, 0) is 16.6 Å². The molecule has 3 aromatic rings. The van der Waals surface area contributed by atoms with E-state index in [0.29, 0.717) is 55.2 Å². The van der Waals surface area contributed by atoms with Crippen LogP contribution in [0.4, 0.5) is 11.8 Å². The largest absolute Gasteiger partial charge is 0.383 e. The van der Waals surface area contributed by atoms with Gasteiger partial charge < -0.3 is 20.3 Å². The maximum atomic E-state index is 12.6. The summed E-state index contributed by atoms with van der Waals surface area (Å²) < 4.78 is 7.16. The summed E-state index contributed by atoms with van der Waals surface area (Å²) in [6, 6.07) is 7.48. The lowest BCUT2D eigenvalue weighted by Gasteiger charge is -2.35. The minimum absolute atomic E-state index is 0.0906. The van der Waals surface area contributed by atoms with Crippen molar-refractivity contribution in [3.8, 4) is 11.3 Å². The number of rotatable bonds is 3. The van der Waals surface area contributed by atoms with E-state index in [1.54, 1.807) is 11.7 Å². The molecule has 9 nitrogen and oxygen atoms in total. The summed E-state index contributed by atoms with van der Waals surface area (Å²) in [7, 11) is 1.79. The molecule has 0 spiro atoms. The molecule has 4 heterocycles. The van der Waals surface area contributed by atoms with Crippen molar-refractivity contribution < 1.29 is 9.53 Å². The van der Waals surface area contributed by atoms with Crippen LogP contribution in [0.1, 0.15) is 12.8 Å². The number of carbonyl (C=O) groups is 1. The lowest BCUT2D eigenvalue weighted by Crippen LogP contribution is -2.51. The van der Waals surface area contributed by atoms with Crippen LogP contribution in [0.2, 0.25) is 5.02 Å². The van der Waals surface area contributed by atoms with Crippen LogP contribution < -0.4 is 10.6 Å². The van der Waals surface area contributed by atoms with Gasteiger partial charge in [-0.1, -0.05) is 23.7 Å². The molecule has 0 radical (unpaired) electrons. The second-order valence-corrected chi connectivity index (χ2v) is 8.34. The van der Waals surface area contributed by atoms with Gasteiger partial charge in [-0.15, -0.1) is 0 Å². The van der Waals surface area contributed by atoms with Crippen LogP contribution in [0, 0.1) is 0 Å². The predicted octanol–water partition coefficient (Wildman–Crippen LogP) is 2.09. The molecule has 0 saturated carbocycles. The van der Waals surface area contributed by atoms with Gasteiger partial charge in [0, 0.05) is 50.4 Å². The number of amides is 1. The van der Waals surface area contributed by atoms with Gasteiger partial charge in [-0.3, -0.25) is 9.48 Å². The van der Waals surface area contributed by atoms with Crippen LogP contribution >= 0.6 is 11.6 Å². The fourth-order valence-electron chi connectivity index (χ4n) is 4.16. The fourth-order valence-corrected chi connectivity index (χ4v) is 4.29. The average Bonchev–Trinajstić information content (AvgIpc) is 3.42. The molecule has 1 aromatic carbocycles. The lowest BCUT2D eigenvalue weighted by molar-refractivity contribution is -0.141. The Balaban J connectivity index is 1.44. The first-order valence-electron chi connectivity index (χ1n) is 10.4. The zero-order valence-electron chi connectivity index (χ0n) is 17.3. The van der Waals surface area contributed by atoms with E-state index in [1.807, 2.05) is 29.2 Å². The topological polar surface area (TPSA) is 102 Å². The number of nitrogens with zero attached hydrogens (tertiary/aromatic N) is 6. The zero-order valence-corrected chi connectivity index (χ0v) is 18.0. The first kappa shape index (κ1) is 20.0. The van der Waals surface area contributed by atoms with Gasteiger partial charge in [-0.2, -0.15) is 10.1 Å². The van der Waals surface area contributed by atoms with Gasteiger partial charge in [0.25, 0.3) is 5.91 Å². The summed E-state index contributed by atoms with van der Waals surface area (Å²) in [6.07, 6.45) is 1.47. The molecular formula is C21H24ClN7O2. The average molecular weight is 442 g/mol. The van der Waals surface area contributed by atoms with Crippen LogP contribution in [0.25, 0.3) is 22.3 Å². The van der Waals surface area contributed by atoms with E-state index in [2.05, 4.69) is 15.0 Å². The van der Waals surface area contributed by atoms with Crippen molar-refractivity contribution in [1.29, 1.82) is 0 Å². The summed E-state index contributed by atoms with van der Waals surface area (Å²) in [6.45, 7) is 3.19. The molecule has 10 heteroatoms. The number of aromatic nitrogens is 4. The van der Waals surface area contributed by atoms with E-state index >= 15 is 0 Å². The molecule has 2 aliphatic heterocycles. The number of anilines is 2. The summed E-state index contributed by atoms with van der Waals surface area (Å²) in [5.74, 6) is 1.19. The van der Waals surface area contributed by atoms with Crippen LogP contribution in [0.5, 0.6) is 0 Å². The monoisotopic (exact) mass is 441 g/mol. The van der Waals surface area contributed by atoms with E-state index in [1.165, 1.54) is 0 Å². The third-order valence-electron chi connectivity index (χ3n) is 5.92. The maximum Gasteiger partial charge on any atom is 0.251 e. The Morgan fingerprint density at radius 3 is 2.58 bits per heavy atom. The van der Waals surface area contributed by atoms with E-state index < -0.39 is 0 Å². The number of fused-ring (bicyclic) bond motifs is 1. The Labute approximate surface area is 184 Å². The summed E-state index contributed by atoms with van der Waals surface area (Å²) in [4.78, 5) is 26.1. The maximum absolute atomic E-state index is 12.6. The van der Waals surface area contributed by atoms with E-state index in [0.717, 1.165) is 29.5 Å². The zero-order chi connectivity index (χ0) is 21.5. The molecular weight excluding hydrogens is 418 g/mol. The van der Waals surface area contributed by atoms with Gasteiger partial charge >= 0.3 is 0 Å². The highest BCUT2D eigenvalue weighted by Crippen LogP contribution is 2.32. The Kier molecular flexibility index (Phi) is 5.15. The first-order chi connectivity index (χ1) is 15.0. The predicted molar refractivity (Wildman–Crippen MR) is 119 cm³/mol. The van der Waals surface area contributed by atoms with Gasteiger partial charge in [0.2, 0.25) is 5.95 Å². The highest BCUT2D eigenvalue weighted by Gasteiger charge is 2.31. The van der Waals surface area contributed by atoms with Crippen LogP contribution in [0.3, 0.4) is 0 Å². The molecule has 5 rings (SSSR count). The SMILES string of the molecule is Cn1nc2nc(N3CCN(C(=O)[C@@H]4CCCO4)CC3)nc(-c3ccc(Cl)cc3)c2c1N. The van der Waals surface area contributed by atoms with Crippen molar-refractivity contribution in [2.45, 2.75) is 18.9 Å². The van der Waals surface area contributed by atoms with E-state index in [-0.39, 0.29) is 12.0 Å². The Morgan fingerprint density at radius 1 is 1.16 bits per heavy atom. The second kappa shape index (κ2) is 7.97. The number of aryl methyl sites for hydroxylation is 1. The highest BCUT2D eigenvalue weighted by molar-refractivity contribution is 6.30. The standard InChI is InChI=1S/C21H24ClN7O2/c1-27-18(23)16-17(13-4-6-14(22)7-5-13)24-21(25-19(16)26-27)29-10-8-28(9-11-29)20(30)15-3-2-12-31-15/h4-7,15H,2-3,8-12,23H2,1H3/t15-/m0/s1. The molecule has 2 fully saturated rings.